The normalized spacial score (nSPS) is 14.3. The van der Waals surface area contributed by atoms with Crippen molar-refractivity contribution < 1.29 is 0 Å². The van der Waals surface area contributed by atoms with Gasteiger partial charge in [0, 0.05) is 25.3 Å². The van der Waals surface area contributed by atoms with Crippen LogP contribution >= 0.6 is 11.8 Å². The van der Waals surface area contributed by atoms with Crippen LogP contribution in [0.4, 0.5) is 5.82 Å². The lowest BCUT2D eigenvalue weighted by atomic mass is 10.1. The van der Waals surface area contributed by atoms with Gasteiger partial charge in [-0.1, -0.05) is 6.07 Å². The van der Waals surface area contributed by atoms with Crippen LogP contribution in [0.25, 0.3) is 0 Å². The molecule has 3 nitrogen and oxygen atoms in total. The number of nitrogens with one attached hydrogen (secondary N) is 1. The summed E-state index contributed by atoms with van der Waals surface area (Å²) in [7, 11) is 4.09. The first-order valence-electron chi connectivity index (χ1n) is 6.45. The number of thioether (sulfide) groups is 1. The molecule has 0 aromatic carbocycles. The first-order chi connectivity index (χ1) is 8.60. The Morgan fingerprint density at radius 1 is 1.39 bits per heavy atom. The summed E-state index contributed by atoms with van der Waals surface area (Å²) in [5.41, 5.74) is 1.23. The highest BCUT2D eigenvalue weighted by Gasteiger charge is 2.11. The van der Waals surface area contributed by atoms with Crippen LogP contribution in [0.2, 0.25) is 0 Å². The zero-order valence-electron chi connectivity index (χ0n) is 12.1. The van der Waals surface area contributed by atoms with Gasteiger partial charge in [-0.25, -0.2) is 4.98 Å². The topological polar surface area (TPSA) is 28.2 Å². The molecule has 0 radical (unpaired) electrons. The van der Waals surface area contributed by atoms with Gasteiger partial charge in [-0.15, -0.1) is 0 Å². The van der Waals surface area contributed by atoms with Gasteiger partial charge in [-0.05, 0) is 51.0 Å². The molecule has 18 heavy (non-hydrogen) atoms. The van der Waals surface area contributed by atoms with Gasteiger partial charge in [0.2, 0.25) is 0 Å². The second kappa shape index (κ2) is 7.64. The van der Waals surface area contributed by atoms with Crippen LogP contribution in [-0.2, 0) is 0 Å². The summed E-state index contributed by atoms with van der Waals surface area (Å²) in [6.07, 6.45) is 5.31. The lowest BCUT2D eigenvalue weighted by Gasteiger charge is -2.26. The van der Waals surface area contributed by atoms with Crippen LogP contribution in [-0.4, -0.2) is 37.1 Å². The van der Waals surface area contributed by atoms with Crippen molar-refractivity contribution >= 4 is 17.6 Å². The molecule has 0 bridgehead atoms. The van der Waals surface area contributed by atoms with Crippen molar-refractivity contribution in [2.24, 2.45) is 0 Å². The van der Waals surface area contributed by atoms with Gasteiger partial charge < -0.3 is 10.2 Å². The van der Waals surface area contributed by atoms with E-state index in [-0.39, 0.29) is 0 Å². The number of nitrogens with zero attached hydrogens (tertiary/aromatic N) is 2. The maximum atomic E-state index is 4.56. The van der Waals surface area contributed by atoms with Crippen molar-refractivity contribution in [2.75, 3.05) is 31.0 Å². The summed E-state index contributed by atoms with van der Waals surface area (Å²) in [6, 6.07) is 5.14. The van der Waals surface area contributed by atoms with Gasteiger partial charge in [0.1, 0.15) is 5.82 Å². The van der Waals surface area contributed by atoms with E-state index in [1.165, 1.54) is 17.7 Å². The van der Waals surface area contributed by atoms with Crippen molar-refractivity contribution in [1.29, 1.82) is 0 Å². The largest absolute Gasteiger partial charge is 0.357 e. The molecule has 1 aromatic heterocycles. The second-order valence-corrected chi connectivity index (χ2v) is 5.69. The van der Waals surface area contributed by atoms with Gasteiger partial charge in [0.15, 0.2) is 0 Å². The SMILES string of the molecule is CNC(C)c1ccc(N(C)C(C)CCSC)nc1. The third-order valence-corrected chi connectivity index (χ3v) is 4.11. The smallest absolute Gasteiger partial charge is 0.128 e. The number of rotatable bonds is 7. The maximum absolute atomic E-state index is 4.56. The van der Waals surface area contributed by atoms with E-state index in [1.54, 1.807) is 0 Å². The summed E-state index contributed by atoms with van der Waals surface area (Å²) in [6.45, 7) is 4.39. The first-order valence-corrected chi connectivity index (χ1v) is 7.84. The standard InChI is InChI=1S/C14H25N3S/c1-11(8-9-18-5)17(4)14-7-6-13(10-16-14)12(2)15-3/h6-7,10-12,15H,8-9H2,1-5H3. The third kappa shape index (κ3) is 4.18. The minimum Gasteiger partial charge on any atom is -0.357 e. The fourth-order valence-corrected chi connectivity index (χ4v) is 2.31. The summed E-state index contributed by atoms with van der Waals surface area (Å²) < 4.78 is 0. The maximum Gasteiger partial charge on any atom is 0.128 e. The summed E-state index contributed by atoms with van der Waals surface area (Å²) >= 11 is 1.90. The van der Waals surface area contributed by atoms with E-state index in [1.807, 2.05) is 25.0 Å². The molecule has 1 rings (SSSR count). The fraction of sp³-hybridized carbons (Fsp3) is 0.643. The van der Waals surface area contributed by atoms with E-state index in [0.717, 1.165) is 5.82 Å². The van der Waals surface area contributed by atoms with E-state index in [2.05, 4.69) is 54.5 Å². The van der Waals surface area contributed by atoms with E-state index in [9.17, 15) is 0 Å². The van der Waals surface area contributed by atoms with Crippen LogP contribution in [0.3, 0.4) is 0 Å². The second-order valence-electron chi connectivity index (χ2n) is 4.70. The van der Waals surface area contributed by atoms with Crippen LogP contribution < -0.4 is 10.2 Å². The number of hydrogen-bond acceptors (Lipinski definition) is 4. The number of hydrogen-bond donors (Lipinski definition) is 1. The quantitative estimate of drug-likeness (QED) is 0.822. The third-order valence-electron chi connectivity index (χ3n) is 3.47. The van der Waals surface area contributed by atoms with E-state index in [0.29, 0.717) is 12.1 Å². The Balaban J connectivity index is 2.66. The van der Waals surface area contributed by atoms with Crippen LogP contribution in [0.5, 0.6) is 0 Å². The summed E-state index contributed by atoms with van der Waals surface area (Å²) in [5, 5.41) is 3.22. The Hall–Kier alpha value is -0.740. The van der Waals surface area contributed by atoms with E-state index >= 15 is 0 Å². The summed E-state index contributed by atoms with van der Waals surface area (Å²) in [4.78, 5) is 6.81. The van der Waals surface area contributed by atoms with Gasteiger partial charge in [-0.3, -0.25) is 0 Å². The molecule has 0 aliphatic carbocycles. The zero-order chi connectivity index (χ0) is 13.5. The van der Waals surface area contributed by atoms with E-state index < -0.39 is 0 Å². The number of pyridine rings is 1. The monoisotopic (exact) mass is 267 g/mol. The molecule has 0 aliphatic heterocycles. The molecule has 0 fully saturated rings. The highest BCUT2D eigenvalue weighted by molar-refractivity contribution is 7.98. The number of anilines is 1. The molecule has 1 N–H and O–H groups in total. The average Bonchev–Trinajstić information content (AvgIpc) is 2.43. The predicted molar refractivity (Wildman–Crippen MR) is 82.6 cm³/mol. The Kier molecular flexibility index (Phi) is 6.50. The molecule has 0 saturated carbocycles. The molecule has 4 heteroatoms. The van der Waals surface area contributed by atoms with Crippen molar-refractivity contribution in [3.8, 4) is 0 Å². The Labute approximate surface area is 115 Å². The fourth-order valence-electron chi connectivity index (χ4n) is 1.74. The predicted octanol–water partition coefficient (Wildman–Crippen LogP) is 2.94. The van der Waals surface area contributed by atoms with E-state index in [4.69, 9.17) is 0 Å². The minimum absolute atomic E-state index is 0.353. The van der Waals surface area contributed by atoms with Gasteiger partial charge in [0.05, 0.1) is 0 Å². The molecular weight excluding hydrogens is 242 g/mol. The average molecular weight is 267 g/mol. The molecule has 0 amide bonds. The van der Waals surface area contributed by atoms with Crippen molar-refractivity contribution in [1.82, 2.24) is 10.3 Å². The van der Waals surface area contributed by atoms with Crippen LogP contribution in [0, 0.1) is 0 Å². The molecular formula is C14H25N3S. The van der Waals surface area contributed by atoms with Crippen LogP contribution in [0.15, 0.2) is 18.3 Å². The highest BCUT2D eigenvalue weighted by Crippen LogP contribution is 2.18. The lowest BCUT2D eigenvalue weighted by molar-refractivity contribution is 0.644. The summed E-state index contributed by atoms with van der Waals surface area (Å²) in [5.74, 6) is 2.25. The van der Waals surface area contributed by atoms with Gasteiger partial charge in [0.25, 0.3) is 0 Å². The number of aromatic nitrogens is 1. The zero-order valence-corrected chi connectivity index (χ0v) is 12.9. The molecule has 1 heterocycles. The molecule has 0 spiro atoms. The van der Waals surface area contributed by atoms with Gasteiger partial charge in [-0.2, -0.15) is 11.8 Å². The Bertz CT molecular complexity index is 339. The van der Waals surface area contributed by atoms with Crippen molar-refractivity contribution in [3.05, 3.63) is 23.9 Å². The molecule has 1 aromatic rings. The Morgan fingerprint density at radius 2 is 2.11 bits per heavy atom. The van der Waals surface area contributed by atoms with Crippen LogP contribution in [0.1, 0.15) is 31.9 Å². The first kappa shape index (κ1) is 15.3. The van der Waals surface area contributed by atoms with Crippen molar-refractivity contribution in [3.63, 3.8) is 0 Å². The molecule has 0 saturated heterocycles. The van der Waals surface area contributed by atoms with Gasteiger partial charge >= 0.3 is 0 Å². The molecule has 102 valence electrons. The lowest BCUT2D eigenvalue weighted by Crippen LogP contribution is -2.30. The molecule has 0 aliphatic rings. The minimum atomic E-state index is 0.353. The molecule has 2 atom stereocenters. The Morgan fingerprint density at radius 3 is 2.61 bits per heavy atom. The van der Waals surface area contributed by atoms with Crippen molar-refractivity contribution in [2.45, 2.75) is 32.4 Å². The highest BCUT2D eigenvalue weighted by atomic mass is 32.2. The molecule has 2 unspecified atom stereocenters.